The highest BCUT2D eigenvalue weighted by atomic mass is 16.2. The summed E-state index contributed by atoms with van der Waals surface area (Å²) in [5.74, 6) is 0.990. The zero-order valence-electron chi connectivity index (χ0n) is 14.4. The Morgan fingerprint density at radius 3 is 3.04 bits per heavy atom. The number of hydrogen-bond donors (Lipinski definition) is 2. The van der Waals surface area contributed by atoms with Gasteiger partial charge in [0.15, 0.2) is 0 Å². The monoisotopic (exact) mass is 348 g/mol. The fourth-order valence-electron chi connectivity index (χ4n) is 4.37. The first-order chi connectivity index (χ1) is 12.7. The molecule has 1 aliphatic carbocycles. The van der Waals surface area contributed by atoms with Crippen LogP contribution in [0.2, 0.25) is 0 Å². The molecule has 3 heterocycles. The van der Waals surface area contributed by atoms with Crippen molar-refractivity contribution < 1.29 is 4.79 Å². The molecule has 26 heavy (non-hydrogen) atoms. The SMILES string of the molecule is O=C(c1ccc2nc[nH]c2c1)N1CCC2(CC(Nc3ccncn3)C2)C1. The van der Waals surface area contributed by atoms with Gasteiger partial charge in [-0.05, 0) is 48.9 Å². The minimum atomic E-state index is 0.116. The Bertz CT molecular complexity index is 947. The number of nitrogens with one attached hydrogen (secondary N) is 2. The van der Waals surface area contributed by atoms with E-state index in [1.54, 1.807) is 18.9 Å². The Kier molecular flexibility index (Phi) is 3.41. The molecule has 3 aromatic rings. The van der Waals surface area contributed by atoms with Gasteiger partial charge in [-0.1, -0.05) is 0 Å². The van der Waals surface area contributed by atoms with Crippen LogP contribution in [0, 0.1) is 5.41 Å². The Morgan fingerprint density at radius 1 is 1.27 bits per heavy atom. The lowest BCUT2D eigenvalue weighted by atomic mass is 9.65. The lowest BCUT2D eigenvalue weighted by Crippen LogP contribution is -2.47. The molecule has 1 spiro atoms. The number of H-pyrrole nitrogens is 1. The second kappa shape index (κ2) is 5.79. The lowest BCUT2D eigenvalue weighted by Gasteiger charge is -2.45. The third-order valence-electron chi connectivity index (χ3n) is 5.69. The number of benzene rings is 1. The molecule has 1 amide bonds. The Balaban J connectivity index is 1.23. The van der Waals surface area contributed by atoms with Crippen LogP contribution in [0.4, 0.5) is 5.82 Å². The normalized spacial score (nSPS) is 24.8. The summed E-state index contributed by atoms with van der Waals surface area (Å²) in [6.07, 6.45) is 8.20. The van der Waals surface area contributed by atoms with Crippen molar-refractivity contribution in [2.75, 3.05) is 18.4 Å². The van der Waals surface area contributed by atoms with Crippen molar-refractivity contribution in [2.24, 2.45) is 5.41 Å². The summed E-state index contributed by atoms with van der Waals surface area (Å²) >= 11 is 0. The molecule has 1 saturated carbocycles. The molecule has 2 aliphatic rings. The zero-order chi connectivity index (χ0) is 17.6. The predicted octanol–water partition coefficient (Wildman–Crippen LogP) is 2.46. The number of imidazole rings is 1. The van der Waals surface area contributed by atoms with Crippen molar-refractivity contribution >= 4 is 22.8 Å². The van der Waals surface area contributed by atoms with Gasteiger partial charge in [-0.25, -0.2) is 15.0 Å². The van der Waals surface area contributed by atoms with E-state index in [0.29, 0.717) is 6.04 Å². The van der Waals surface area contributed by atoms with Crippen LogP contribution in [0.3, 0.4) is 0 Å². The van der Waals surface area contributed by atoms with Crippen LogP contribution in [0.5, 0.6) is 0 Å². The third kappa shape index (κ3) is 2.60. The third-order valence-corrected chi connectivity index (χ3v) is 5.69. The highest BCUT2D eigenvalue weighted by molar-refractivity contribution is 5.97. The second-order valence-electron chi connectivity index (χ2n) is 7.46. The highest BCUT2D eigenvalue weighted by Gasteiger charge is 2.49. The van der Waals surface area contributed by atoms with Crippen LogP contribution in [0.25, 0.3) is 11.0 Å². The first-order valence-corrected chi connectivity index (χ1v) is 8.96. The van der Waals surface area contributed by atoms with Crippen LogP contribution in [-0.4, -0.2) is 49.9 Å². The number of hydrogen-bond acceptors (Lipinski definition) is 5. The number of aromatic amines is 1. The highest BCUT2D eigenvalue weighted by Crippen LogP contribution is 2.49. The first-order valence-electron chi connectivity index (χ1n) is 8.96. The minimum Gasteiger partial charge on any atom is -0.367 e. The van der Waals surface area contributed by atoms with E-state index in [4.69, 9.17) is 0 Å². The number of anilines is 1. The van der Waals surface area contributed by atoms with Gasteiger partial charge >= 0.3 is 0 Å². The lowest BCUT2D eigenvalue weighted by molar-refractivity contribution is 0.0716. The van der Waals surface area contributed by atoms with E-state index in [0.717, 1.165) is 54.8 Å². The van der Waals surface area contributed by atoms with Crippen molar-refractivity contribution in [3.05, 3.63) is 48.7 Å². The topological polar surface area (TPSA) is 86.8 Å². The number of fused-ring (bicyclic) bond motifs is 1. The number of carbonyl (C=O) groups excluding carboxylic acids is 1. The van der Waals surface area contributed by atoms with Crippen molar-refractivity contribution in [3.8, 4) is 0 Å². The van der Waals surface area contributed by atoms with Gasteiger partial charge in [-0.15, -0.1) is 0 Å². The maximum Gasteiger partial charge on any atom is 0.253 e. The molecule has 0 atom stereocenters. The molecule has 0 radical (unpaired) electrons. The number of carbonyl (C=O) groups is 1. The van der Waals surface area contributed by atoms with Gasteiger partial charge in [0.2, 0.25) is 0 Å². The van der Waals surface area contributed by atoms with Gasteiger partial charge in [-0.3, -0.25) is 4.79 Å². The van der Waals surface area contributed by atoms with E-state index < -0.39 is 0 Å². The maximum atomic E-state index is 12.9. The van der Waals surface area contributed by atoms with Gasteiger partial charge in [0.1, 0.15) is 12.1 Å². The van der Waals surface area contributed by atoms with Crippen molar-refractivity contribution in [3.63, 3.8) is 0 Å². The van der Waals surface area contributed by atoms with Gasteiger partial charge < -0.3 is 15.2 Å². The number of aromatic nitrogens is 4. The maximum absolute atomic E-state index is 12.9. The molecule has 1 saturated heterocycles. The van der Waals surface area contributed by atoms with Gasteiger partial charge in [0.05, 0.1) is 17.4 Å². The number of nitrogens with zero attached hydrogens (tertiary/aromatic N) is 4. The molecule has 2 fully saturated rings. The molecule has 2 aromatic heterocycles. The summed E-state index contributed by atoms with van der Waals surface area (Å²) in [5, 5.41) is 3.46. The summed E-state index contributed by atoms with van der Waals surface area (Å²) in [6.45, 7) is 1.68. The molecule has 7 heteroatoms. The van der Waals surface area contributed by atoms with Crippen LogP contribution in [-0.2, 0) is 0 Å². The molecule has 0 unspecified atom stereocenters. The first kappa shape index (κ1) is 15.3. The molecule has 132 valence electrons. The molecule has 7 nitrogen and oxygen atoms in total. The Hall–Kier alpha value is -2.96. The van der Waals surface area contributed by atoms with Crippen LogP contribution >= 0.6 is 0 Å². The van der Waals surface area contributed by atoms with E-state index >= 15 is 0 Å². The second-order valence-corrected chi connectivity index (χ2v) is 7.46. The standard InChI is InChI=1S/C19H20N6O/c26-18(13-1-2-15-16(7-13)22-12-21-15)25-6-4-19(10-25)8-14(9-19)24-17-3-5-20-11-23-17/h1-3,5,7,11-12,14H,4,6,8-10H2,(H,21,22)(H,20,23,24). The van der Waals surface area contributed by atoms with Gasteiger partial charge in [-0.2, -0.15) is 0 Å². The van der Waals surface area contributed by atoms with E-state index in [-0.39, 0.29) is 11.3 Å². The molecule has 5 rings (SSSR count). The molecule has 2 N–H and O–H groups in total. The fraction of sp³-hybridized carbons (Fsp3) is 0.368. The molecular weight excluding hydrogens is 328 g/mol. The summed E-state index contributed by atoms with van der Waals surface area (Å²) in [7, 11) is 0. The minimum absolute atomic E-state index is 0.116. The molecule has 1 aromatic carbocycles. The van der Waals surface area contributed by atoms with Crippen LogP contribution in [0.1, 0.15) is 29.6 Å². The molecular formula is C19H20N6O. The summed E-state index contributed by atoms with van der Waals surface area (Å²) in [6, 6.07) is 7.99. The van der Waals surface area contributed by atoms with Crippen molar-refractivity contribution in [2.45, 2.75) is 25.3 Å². The molecule has 0 bridgehead atoms. The largest absolute Gasteiger partial charge is 0.367 e. The van der Waals surface area contributed by atoms with Crippen LogP contribution in [0.15, 0.2) is 43.1 Å². The smallest absolute Gasteiger partial charge is 0.253 e. The average Bonchev–Trinajstić information content (AvgIpc) is 3.28. The number of rotatable bonds is 3. The van der Waals surface area contributed by atoms with E-state index in [2.05, 4.69) is 25.3 Å². The molecule has 1 aliphatic heterocycles. The predicted molar refractivity (Wildman–Crippen MR) is 97.7 cm³/mol. The van der Waals surface area contributed by atoms with Gasteiger partial charge in [0.25, 0.3) is 5.91 Å². The van der Waals surface area contributed by atoms with E-state index in [9.17, 15) is 4.79 Å². The number of likely N-dealkylation sites (tertiary alicyclic amines) is 1. The van der Waals surface area contributed by atoms with Crippen molar-refractivity contribution in [1.82, 2.24) is 24.8 Å². The van der Waals surface area contributed by atoms with E-state index in [1.165, 1.54) is 0 Å². The Labute approximate surface area is 150 Å². The van der Waals surface area contributed by atoms with Gasteiger partial charge in [0, 0.05) is 30.9 Å². The average molecular weight is 348 g/mol. The summed E-state index contributed by atoms with van der Waals surface area (Å²) < 4.78 is 0. The zero-order valence-corrected chi connectivity index (χ0v) is 14.4. The quantitative estimate of drug-likeness (QED) is 0.759. The Morgan fingerprint density at radius 2 is 2.19 bits per heavy atom. The van der Waals surface area contributed by atoms with Crippen LogP contribution < -0.4 is 5.32 Å². The summed E-state index contributed by atoms with van der Waals surface area (Å²) in [4.78, 5) is 30.3. The van der Waals surface area contributed by atoms with E-state index in [1.807, 2.05) is 29.2 Å². The summed E-state index contributed by atoms with van der Waals surface area (Å²) in [5.41, 5.74) is 2.78. The number of amides is 1. The van der Waals surface area contributed by atoms with Crippen molar-refractivity contribution in [1.29, 1.82) is 0 Å². The fourth-order valence-corrected chi connectivity index (χ4v) is 4.37.